The van der Waals surface area contributed by atoms with Crippen LogP contribution < -0.4 is 4.73 Å². The van der Waals surface area contributed by atoms with Crippen LogP contribution in [0.4, 0.5) is 0 Å². The third-order valence-corrected chi connectivity index (χ3v) is 4.24. The molecule has 25 heavy (non-hydrogen) atoms. The Kier molecular flexibility index (Phi) is 6.20. The van der Waals surface area contributed by atoms with Gasteiger partial charge in [0.2, 0.25) is 12.4 Å². The van der Waals surface area contributed by atoms with Gasteiger partial charge in [-0.2, -0.15) is 5.06 Å². The van der Waals surface area contributed by atoms with Crippen molar-refractivity contribution in [1.82, 2.24) is 5.06 Å². The molecule has 0 aliphatic rings. The van der Waals surface area contributed by atoms with Crippen molar-refractivity contribution in [2.75, 3.05) is 0 Å². The molecule has 0 amide bonds. The van der Waals surface area contributed by atoms with Gasteiger partial charge in [-0.1, -0.05) is 44.2 Å². The summed E-state index contributed by atoms with van der Waals surface area (Å²) < 4.78 is 1.06. The fourth-order valence-corrected chi connectivity index (χ4v) is 3.04. The number of hydroxylamine groups is 2. The quantitative estimate of drug-likeness (QED) is 0.469. The van der Waals surface area contributed by atoms with Gasteiger partial charge < -0.3 is 0 Å². The van der Waals surface area contributed by atoms with E-state index in [0.717, 1.165) is 10.3 Å². The van der Waals surface area contributed by atoms with Gasteiger partial charge in [-0.25, -0.2) is 0 Å². The van der Waals surface area contributed by atoms with Gasteiger partial charge in [0.25, 0.3) is 0 Å². The molecular weight excluding hydrogens is 312 g/mol. The van der Waals surface area contributed by atoms with Gasteiger partial charge in [-0.15, -0.1) is 0 Å². The van der Waals surface area contributed by atoms with Crippen LogP contribution in [0.1, 0.15) is 64.8 Å². The molecule has 1 aromatic carbocycles. The maximum atomic E-state index is 9.68. The van der Waals surface area contributed by atoms with Crippen molar-refractivity contribution in [3.63, 3.8) is 0 Å². The summed E-state index contributed by atoms with van der Waals surface area (Å²) in [4.78, 5) is 6.44. The van der Waals surface area contributed by atoms with Gasteiger partial charge in [-0.05, 0) is 45.2 Å². The van der Waals surface area contributed by atoms with E-state index in [1.807, 2.05) is 25.1 Å². The standard InChI is InChI=1S/C21H31N2O2/c1-16(2)20(18-11-8-7-9-12-18)23(21(4,5)6)25-17(3)19-13-10-14-22(24)15-19/h7-17,20,24H,1-6H3/q+1. The predicted octanol–water partition coefficient (Wildman–Crippen LogP) is 4.70. The van der Waals surface area contributed by atoms with Crippen LogP contribution in [0.25, 0.3) is 0 Å². The first-order valence-electron chi connectivity index (χ1n) is 8.91. The molecule has 2 atom stereocenters. The van der Waals surface area contributed by atoms with Crippen LogP contribution in [0, 0.1) is 5.92 Å². The predicted molar refractivity (Wildman–Crippen MR) is 98.9 cm³/mol. The van der Waals surface area contributed by atoms with Crippen molar-refractivity contribution in [2.24, 2.45) is 5.92 Å². The number of benzene rings is 1. The molecule has 0 saturated heterocycles. The Morgan fingerprint density at radius 1 is 0.960 bits per heavy atom. The molecule has 1 aromatic heterocycles. The Morgan fingerprint density at radius 2 is 1.56 bits per heavy atom. The third kappa shape index (κ3) is 5.03. The Balaban J connectivity index is 2.35. The molecule has 2 unspecified atom stereocenters. The van der Waals surface area contributed by atoms with E-state index in [9.17, 15) is 5.21 Å². The van der Waals surface area contributed by atoms with Crippen LogP contribution in [0.2, 0.25) is 0 Å². The molecule has 0 bridgehead atoms. The minimum Gasteiger partial charge on any atom is -0.290 e. The topological polar surface area (TPSA) is 36.6 Å². The molecule has 4 nitrogen and oxygen atoms in total. The number of nitrogens with zero attached hydrogens (tertiary/aromatic N) is 2. The highest BCUT2D eigenvalue weighted by atomic mass is 16.7. The number of hydrogen-bond acceptors (Lipinski definition) is 3. The Morgan fingerprint density at radius 3 is 2.08 bits per heavy atom. The first kappa shape index (κ1) is 19.4. The van der Waals surface area contributed by atoms with Crippen molar-refractivity contribution in [1.29, 1.82) is 0 Å². The van der Waals surface area contributed by atoms with Gasteiger partial charge in [0.05, 0.1) is 11.6 Å². The highest BCUT2D eigenvalue weighted by molar-refractivity contribution is 5.20. The first-order valence-corrected chi connectivity index (χ1v) is 8.91. The maximum absolute atomic E-state index is 9.68. The van der Waals surface area contributed by atoms with Crippen LogP contribution in [0.5, 0.6) is 0 Å². The van der Waals surface area contributed by atoms with Gasteiger partial charge in [0, 0.05) is 16.3 Å². The van der Waals surface area contributed by atoms with Gasteiger partial charge >= 0.3 is 0 Å². The molecule has 4 heteroatoms. The van der Waals surface area contributed by atoms with Crippen LogP contribution in [0.15, 0.2) is 54.9 Å². The normalized spacial score (nSPS) is 14.7. The van der Waals surface area contributed by atoms with E-state index < -0.39 is 0 Å². The molecule has 136 valence electrons. The lowest BCUT2D eigenvalue weighted by Gasteiger charge is -2.43. The van der Waals surface area contributed by atoms with E-state index in [4.69, 9.17) is 4.84 Å². The average Bonchev–Trinajstić information content (AvgIpc) is 2.54. The zero-order valence-electron chi connectivity index (χ0n) is 16.2. The van der Waals surface area contributed by atoms with Crippen LogP contribution in [-0.2, 0) is 4.84 Å². The summed E-state index contributed by atoms with van der Waals surface area (Å²) in [7, 11) is 0. The van der Waals surface area contributed by atoms with E-state index in [0.29, 0.717) is 5.92 Å². The number of aromatic nitrogens is 1. The summed E-state index contributed by atoms with van der Waals surface area (Å²) in [5, 5.41) is 11.8. The monoisotopic (exact) mass is 343 g/mol. The minimum atomic E-state index is -0.178. The fraction of sp³-hybridized carbons (Fsp3) is 0.476. The fourth-order valence-electron chi connectivity index (χ4n) is 3.04. The van der Waals surface area contributed by atoms with Gasteiger partial charge in [-0.3, -0.25) is 10.0 Å². The summed E-state index contributed by atoms with van der Waals surface area (Å²) in [6.07, 6.45) is 3.10. The molecule has 0 fully saturated rings. The van der Waals surface area contributed by atoms with E-state index >= 15 is 0 Å². The largest absolute Gasteiger partial charge is 0.290 e. The second-order valence-electron chi connectivity index (χ2n) is 7.86. The second-order valence-corrected chi connectivity index (χ2v) is 7.86. The van der Waals surface area contributed by atoms with E-state index in [1.54, 1.807) is 12.4 Å². The molecular formula is C21H31N2O2+. The summed E-state index contributed by atoms with van der Waals surface area (Å²) in [5.41, 5.74) is 1.99. The summed E-state index contributed by atoms with van der Waals surface area (Å²) in [6, 6.07) is 14.4. The zero-order chi connectivity index (χ0) is 18.6. The smallest absolute Gasteiger partial charge is 0.228 e. The molecule has 1 heterocycles. The van der Waals surface area contributed by atoms with Crippen molar-refractivity contribution in [3.8, 4) is 0 Å². The SMILES string of the molecule is CC(ON(C(c1ccccc1)C(C)C)C(C)(C)C)c1ccc[n+](O)c1. The van der Waals surface area contributed by atoms with Crippen molar-refractivity contribution >= 4 is 0 Å². The lowest BCUT2D eigenvalue weighted by Crippen LogP contribution is -2.46. The molecule has 2 aromatic rings. The molecule has 0 aliphatic heterocycles. The van der Waals surface area contributed by atoms with Gasteiger partial charge in [0.1, 0.15) is 6.10 Å². The molecule has 0 saturated carbocycles. The summed E-state index contributed by atoms with van der Waals surface area (Å²) >= 11 is 0. The maximum Gasteiger partial charge on any atom is 0.228 e. The van der Waals surface area contributed by atoms with Crippen molar-refractivity contribution in [2.45, 2.75) is 59.2 Å². The molecule has 1 N–H and O–H groups in total. The van der Waals surface area contributed by atoms with Crippen LogP contribution >= 0.6 is 0 Å². The lowest BCUT2D eigenvalue weighted by atomic mass is 9.92. The highest BCUT2D eigenvalue weighted by Crippen LogP contribution is 2.36. The number of pyridine rings is 1. The Bertz CT molecular complexity index is 665. The van der Waals surface area contributed by atoms with Crippen LogP contribution in [-0.4, -0.2) is 15.8 Å². The van der Waals surface area contributed by atoms with E-state index in [1.165, 1.54) is 5.56 Å². The molecule has 0 radical (unpaired) electrons. The summed E-state index contributed by atoms with van der Waals surface area (Å²) in [6.45, 7) is 12.9. The highest BCUT2D eigenvalue weighted by Gasteiger charge is 2.35. The Hall–Kier alpha value is -1.91. The van der Waals surface area contributed by atoms with Crippen molar-refractivity contribution < 1.29 is 14.8 Å². The number of rotatable bonds is 6. The first-order chi connectivity index (χ1) is 11.7. The minimum absolute atomic E-state index is 0.133. The second kappa shape index (κ2) is 7.98. The molecule has 0 aliphatic carbocycles. The van der Waals surface area contributed by atoms with Crippen LogP contribution in [0.3, 0.4) is 0 Å². The van der Waals surface area contributed by atoms with Crippen molar-refractivity contribution in [3.05, 3.63) is 66.0 Å². The third-order valence-electron chi connectivity index (χ3n) is 4.24. The van der Waals surface area contributed by atoms with E-state index in [-0.39, 0.29) is 17.7 Å². The zero-order valence-corrected chi connectivity index (χ0v) is 16.2. The average molecular weight is 343 g/mol. The Labute approximate surface area is 151 Å². The van der Waals surface area contributed by atoms with E-state index in [2.05, 4.69) is 63.9 Å². The summed E-state index contributed by atoms with van der Waals surface area (Å²) in [5.74, 6) is 0.382. The molecule has 2 rings (SSSR count). The lowest BCUT2D eigenvalue weighted by molar-refractivity contribution is -0.905. The molecule has 0 spiro atoms. The number of hydrogen-bond donors (Lipinski definition) is 1. The van der Waals surface area contributed by atoms with Gasteiger partial charge in [0.15, 0.2) is 0 Å².